The third-order valence-electron chi connectivity index (χ3n) is 3.46. The standard InChI is InChI=1S/C15H13N7OS/c23-13(6-12-8-21-4-5-24-15(21)20-12)18-7-11-2-1-3-17-14(11)22-10-16-9-19-22/h1-5,8-10H,6-7H2,(H,18,23). The van der Waals surface area contributed by atoms with Crippen LogP contribution in [-0.4, -0.2) is 35.0 Å². The number of nitrogens with zero attached hydrogens (tertiary/aromatic N) is 6. The second-order valence-corrected chi connectivity index (χ2v) is 5.98. The highest BCUT2D eigenvalue weighted by Gasteiger charge is 2.11. The molecule has 0 unspecified atom stereocenters. The summed E-state index contributed by atoms with van der Waals surface area (Å²) in [4.78, 5) is 25.7. The highest BCUT2D eigenvalue weighted by molar-refractivity contribution is 7.15. The van der Waals surface area contributed by atoms with Gasteiger partial charge in [-0.2, -0.15) is 5.10 Å². The Morgan fingerprint density at radius 1 is 1.38 bits per heavy atom. The Kier molecular flexibility index (Phi) is 3.75. The van der Waals surface area contributed by atoms with Gasteiger partial charge in [0.2, 0.25) is 5.91 Å². The van der Waals surface area contributed by atoms with Crippen LogP contribution in [0.5, 0.6) is 0 Å². The molecule has 0 spiro atoms. The summed E-state index contributed by atoms with van der Waals surface area (Å²) in [6.45, 7) is 0.365. The van der Waals surface area contributed by atoms with E-state index in [1.807, 2.05) is 34.3 Å². The van der Waals surface area contributed by atoms with Gasteiger partial charge in [-0.1, -0.05) is 6.07 Å². The molecule has 0 aromatic carbocycles. The molecule has 0 bridgehead atoms. The van der Waals surface area contributed by atoms with Crippen molar-refractivity contribution in [2.75, 3.05) is 0 Å². The van der Waals surface area contributed by atoms with Crippen LogP contribution in [0.15, 0.2) is 48.8 Å². The van der Waals surface area contributed by atoms with Crippen molar-refractivity contribution in [1.82, 2.24) is 34.4 Å². The second kappa shape index (κ2) is 6.20. The number of rotatable bonds is 5. The van der Waals surface area contributed by atoms with Gasteiger partial charge in [0.1, 0.15) is 12.7 Å². The van der Waals surface area contributed by atoms with Gasteiger partial charge in [-0.05, 0) is 6.07 Å². The fourth-order valence-corrected chi connectivity index (χ4v) is 3.09. The van der Waals surface area contributed by atoms with Crippen LogP contribution in [-0.2, 0) is 17.8 Å². The number of hydrogen-bond acceptors (Lipinski definition) is 6. The molecular weight excluding hydrogens is 326 g/mol. The zero-order valence-corrected chi connectivity index (χ0v) is 13.3. The third-order valence-corrected chi connectivity index (χ3v) is 4.23. The van der Waals surface area contributed by atoms with E-state index in [1.165, 1.54) is 6.33 Å². The molecule has 4 rings (SSSR count). The molecule has 0 atom stereocenters. The van der Waals surface area contributed by atoms with E-state index in [0.29, 0.717) is 12.4 Å². The molecule has 0 saturated heterocycles. The fourth-order valence-electron chi connectivity index (χ4n) is 2.37. The van der Waals surface area contributed by atoms with Crippen LogP contribution >= 0.6 is 11.3 Å². The predicted octanol–water partition coefficient (Wildman–Crippen LogP) is 1.23. The first-order valence-corrected chi connectivity index (χ1v) is 8.14. The number of imidazole rings is 1. The number of carbonyl (C=O) groups is 1. The molecule has 1 amide bonds. The van der Waals surface area contributed by atoms with E-state index in [2.05, 4.69) is 25.4 Å². The maximum Gasteiger partial charge on any atom is 0.226 e. The molecule has 4 aromatic heterocycles. The minimum absolute atomic E-state index is 0.0888. The summed E-state index contributed by atoms with van der Waals surface area (Å²) in [6, 6.07) is 3.72. The van der Waals surface area contributed by atoms with Crippen LogP contribution in [0.25, 0.3) is 10.8 Å². The Balaban J connectivity index is 1.43. The summed E-state index contributed by atoms with van der Waals surface area (Å²) in [6.07, 6.45) is 8.74. The molecule has 0 radical (unpaired) electrons. The summed E-state index contributed by atoms with van der Waals surface area (Å²) in [7, 11) is 0. The first-order chi connectivity index (χ1) is 11.8. The molecule has 24 heavy (non-hydrogen) atoms. The van der Waals surface area contributed by atoms with E-state index >= 15 is 0 Å². The Bertz CT molecular complexity index is 944. The molecular formula is C15H13N7OS. The van der Waals surface area contributed by atoms with E-state index in [1.54, 1.807) is 28.5 Å². The Morgan fingerprint density at radius 2 is 2.33 bits per heavy atom. The van der Waals surface area contributed by atoms with Crippen LogP contribution in [0.1, 0.15) is 11.3 Å². The van der Waals surface area contributed by atoms with Gasteiger partial charge in [-0.3, -0.25) is 9.20 Å². The summed E-state index contributed by atoms with van der Waals surface area (Å²) in [5, 5.41) is 8.94. The highest BCUT2D eigenvalue weighted by atomic mass is 32.1. The van der Waals surface area contributed by atoms with Gasteiger partial charge in [0, 0.05) is 36.1 Å². The largest absolute Gasteiger partial charge is 0.352 e. The molecule has 0 aliphatic carbocycles. The molecule has 4 heterocycles. The molecule has 0 saturated carbocycles. The van der Waals surface area contributed by atoms with Crippen molar-refractivity contribution in [3.05, 3.63) is 60.0 Å². The lowest BCUT2D eigenvalue weighted by atomic mass is 10.2. The maximum atomic E-state index is 12.2. The van der Waals surface area contributed by atoms with E-state index < -0.39 is 0 Å². The number of fused-ring (bicyclic) bond motifs is 1. The first-order valence-electron chi connectivity index (χ1n) is 7.26. The molecule has 4 aromatic rings. The average molecular weight is 339 g/mol. The summed E-state index contributed by atoms with van der Waals surface area (Å²) in [5.74, 6) is 0.562. The van der Waals surface area contributed by atoms with Gasteiger partial charge < -0.3 is 5.32 Å². The summed E-state index contributed by atoms with van der Waals surface area (Å²) >= 11 is 1.54. The number of carbonyl (C=O) groups excluding carboxylic acids is 1. The monoisotopic (exact) mass is 339 g/mol. The second-order valence-electron chi connectivity index (χ2n) is 5.10. The number of aromatic nitrogens is 6. The first kappa shape index (κ1) is 14.5. The molecule has 9 heteroatoms. The van der Waals surface area contributed by atoms with Gasteiger partial charge in [-0.15, -0.1) is 11.3 Å². The number of pyridine rings is 1. The molecule has 0 aliphatic heterocycles. The van der Waals surface area contributed by atoms with E-state index in [9.17, 15) is 4.79 Å². The lowest BCUT2D eigenvalue weighted by Gasteiger charge is -2.08. The van der Waals surface area contributed by atoms with Gasteiger partial charge >= 0.3 is 0 Å². The molecule has 0 fully saturated rings. The van der Waals surface area contributed by atoms with E-state index in [4.69, 9.17) is 0 Å². The zero-order valence-electron chi connectivity index (χ0n) is 12.5. The van der Waals surface area contributed by atoms with Gasteiger partial charge in [-0.25, -0.2) is 19.6 Å². The molecule has 0 aliphatic rings. The maximum absolute atomic E-state index is 12.2. The van der Waals surface area contributed by atoms with E-state index in [-0.39, 0.29) is 12.3 Å². The van der Waals surface area contributed by atoms with Gasteiger partial charge in [0.15, 0.2) is 10.8 Å². The smallest absolute Gasteiger partial charge is 0.226 e. The predicted molar refractivity (Wildman–Crippen MR) is 87.8 cm³/mol. The minimum Gasteiger partial charge on any atom is -0.352 e. The van der Waals surface area contributed by atoms with Gasteiger partial charge in [0.25, 0.3) is 0 Å². The van der Waals surface area contributed by atoms with Crippen molar-refractivity contribution < 1.29 is 4.79 Å². The number of thiazole rings is 1. The fraction of sp³-hybridized carbons (Fsp3) is 0.133. The van der Waals surface area contributed by atoms with Crippen molar-refractivity contribution in [2.45, 2.75) is 13.0 Å². The van der Waals surface area contributed by atoms with Crippen LogP contribution in [0, 0.1) is 0 Å². The van der Waals surface area contributed by atoms with Crippen LogP contribution < -0.4 is 5.32 Å². The van der Waals surface area contributed by atoms with E-state index in [0.717, 1.165) is 16.2 Å². The van der Waals surface area contributed by atoms with Gasteiger partial charge in [0.05, 0.1) is 12.1 Å². The number of hydrogen-bond donors (Lipinski definition) is 1. The van der Waals surface area contributed by atoms with Crippen molar-refractivity contribution in [1.29, 1.82) is 0 Å². The van der Waals surface area contributed by atoms with Crippen LogP contribution in [0.4, 0.5) is 0 Å². The number of nitrogens with one attached hydrogen (secondary N) is 1. The quantitative estimate of drug-likeness (QED) is 0.591. The minimum atomic E-state index is -0.0888. The van der Waals surface area contributed by atoms with Crippen molar-refractivity contribution in [2.24, 2.45) is 0 Å². The molecule has 1 N–H and O–H groups in total. The zero-order chi connectivity index (χ0) is 16.4. The normalized spacial score (nSPS) is 11.0. The Morgan fingerprint density at radius 3 is 3.17 bits per heavy atom. The highest BCUT2D eigenvalue weighted by Crippen LogP contribution is 2.12. The van der Waals surface area contributed by atoms with Crippen molar-refractivity contribution in [3.8, 4) is 5.82 Å². The van der Waals surface area contributed by atoms with Crippen LogP contribution in [0.2, 0.25) is 0 Å². The third kappa shape index (κ3) is 2.88. The van der Waals surface area contributed by atoms with Crippen LogP contribution in [0.3, 0.4) is 0 Å². The topological polar surface area (TPSA) is 90.0 Å². The number of amides is 1. The van der Waals surface area contributed by atoms with Crippen molar-refractivity contribution >= 4 is 22.2 Å². The van der Waals surface area contributed by atoms with Crippen molar-refractivity contribution in [3.63, 3.8) is 0 Å². The lowest BCUT2D eigenvalue weighted by molar-refractivity contribution is -0.120. The Hall–Kier alpha value is -3.07. The molecule has 120 valence electrons. The Labute approximate surface area is 140 Å². The average Bonchev–Trinajstić information content (AvgIpc) is 3.30. The molecule has 8 nitrogen and oxygen atoms in total. The SMILES string of the molecule is O=C(Cc1cn2ccsc2n1)NCc1cccnc1-n1cncn1. The lowest BCUT2D eigenvalue weighted by Crippen LogP contribution is -2.25. The summed E-state index contributed by atoms with van der Waals surface area (Å²) in [5.41, 5.74) is 1.62. The summed E-state index contributed by atoms with van der Waals surface area (Å²) < 4.78 is 3.49.